The van der Waals surface area contributed by atoms with Crippen molar-refractivity contribution in [3.8, 4) is 0 Å². The molecule has 0 bridgehead atoms. The second kappa shape index (κ2) is 33.3. The standard InChI is InChI=1S/C40H76O6/c1-6-7-8-9-13-20-25-30-38(41)44-33-37(46-40(43)32-27-22-17-16-19-24-29-36(4)5)34-45-39(42)31-26-21-15-12-10-11-14-18-23-28-35(2)3/h35-37H,6-34H2,1-5H3/t37-/m0/s1. The fourth-order valence-corrected chi connectivity index (χ4v) is 5.69. The maximum Gasteiger partial charge on any atom is 0.306 e. The predicted molar refractivity (Wildman–Crippen MR) is 192 cm³/mol. The van der Waals surface area contributed by atoms with Gasteiger partial charge in [0.05, 0.1) is 0 Å². The van der Waals surface area contributed by atoms with E-state index in [2.05, 4.69) is 34.6 Å². The summed E-state index contributed by atoms with van der Waals surface area (Å²) in [5.41, 5.74) is 0. The van der Waals surface area contributed by atoms with Gasteiger partial charge in [0.2, 0.25) is 0 Å². The van der Waals surface area contributed by atoms with Gasteiger partial charge < -0.3 is 14.2 Å². The van der Waals surface area contributed by atoms with Crippen molar-refractivity contribution in [3.05, 3.63) is 0 Å². The first-order valence-corrected chi connectivity index (χ1v) is 19.7. The van der Waals surface area contributed by atoms with Gasteiger partial charge in [-0.05, 0) is 31.1 Å². The molecular formula is C40H76O6. The highest BCUT2D eigenvalue weighted by atomic mass is 16.6. The van der Waals surface area contributed by atoms with Crippen LogP contribution in [0.1, 0.15) is 208 Å². The Morgan fingerprint density at radius 3 is 1.07 bits per heavy atom. The minimum atomic E-state index is -0.758. The third kappa shape index (κ3) is 33.8. The Kier molecular flexibility index (Phi) is 32.2. The molecule has 0 amide bonds. The first kappa shape index (κ1) is 44.4. The van der Waals surface area contributed by atoms with Gasteiger partial charge in [-0.25, -0.2) is 0 Å². The zero-order valence-electron chi connectivity index (χ0n) is 31.2. The molecular weight excluding hydrogens is 576 g/mol. The smallest absolute Gasteiger partial charge is 0.306 e. The van der Waals surface area contributed by atoms with Crippen molar-refractivity contribution in [2.75, 3.05) is 13.2 Å². The largest absolute Gasteiger partial charge is 0.462 e. The van der Waals surface area contributed by atoms with Crippen molar-refractivity contribution < 1.29 is 28.6 Å². The molecule has 0 aliphatic heterocycles. The van der Waals surface area contributed by atoms with Crippen LogP contribution in [0.4, 0.5) is 0 Å². The Labute approximate surface area is 285 Å². The summed E-state index contributed by atoms with van der Waals surface area (Å²) in [6, 6.07) is 0. The van der Waals surface area contributed by atoms with Crippen LogP contribution in [0.5, 0.6) is 0 Å². The van der Waals surface area contributed by atoms with E-state index in [-0.39, 0.29) is 31.1 Å². The van der Waals surface area contributed by atoms with Gasteiger partial charge in [-0.1, -0.05) is 169 Å². The Morgan fingerprint density at radius 2 is 0.717 bits per heavy atom. The minimum Gasteiger partial charge on any atom is -0.462 e. The van der Waals surface area contributed by atoms with Crippen molar-refractivity contribution in [2.24, 2.45) is 11.8 Å². The van der Waals surface area contributed by atoms with Crippen molar-refractivity contribution in [2.45, 2.75) is 214 Å². The van der Waals surface area contributed by atoms with Gasteiger partial charge in [0.1, 0.15) is 13.2 Å². The summed E-state index contributed by atoms with van der Waals surface area (Å²) >= 11 is 0. The van der Waals surface area contributed by atoms with Crippen molar-refractivity contribution in [1.82, 2.24) is 0 Å². The Morgan fingerprint density at radius 1 is 0.413 bits per heavy atom. The summed E-state index contributed by atoms with van der Waals surface area (Å²) in [7, 11) is 0. The lowest BCUT2D eigenvalue weighted by Crippen LogP contribution is -2.30. The van der Waals surface area contributed by atoms with E-state index in [4.69, 9.17) is 14.2 Å². The van der Waals surface area contributed by atoms with Gasteiger partial charge in [-0.2, -0.15) is 0 Å². The molecule has 0 fully saturated rings. The summed E-state index contributed by atoms with van der Waals surface area (Å²) in [5.74, 6) is 0.690. The second-order valence-electron chi connectivity index (χ2n) is 14.5. The molecule has 0 saturated heterocycles. The fourth-order valence-electron chi connectivity index (χ4n) is 5.69. The van der Waals surface area contributed by atoms with E-state index in [1.807, 2.05) is 0 Å². The van der Waals surface area contributed by atoms with Crippen molar-refractivity contribution in [1.29, 1.82) is 0 Å². The van der Waals surface area contributed by atoms with Crippen LogP contribution in [0.2, 0.25) is 0 Å². The first-order valence-electron chi connectivity index (χ1n) is 19.7. The summed E-state index contributed by atoms with van der Waals surface area (Å²) in [5, 5.41) is 0. The third-order valence-electron chi connectivity index (χ3n) is 8.72. The molecule has 0 rings (SSSR count). The van der Waals surface area contributed by atoms with Crippen LogP contribution in [0.15, 0.2) is 0 Å². The molecule has 6 nitrogen and oxygen atoms in total. The normalized spacial score (nSPS) is 12.1. The van der Waals surface area contributed by atoms with E-state index in [9.17, 15) is 14.4 Å². The number of rotatable bonds is 34. The SMILES string of the molecule is CCCCCCCCCC(=O)OC[C@@H](COC(=O)CCCCCCCCCCCC(C)C)OC(=O)CCCCCCCCC(C)C. The van der Waals surface area contributed by atoms with Crippen molar-refractivity contribution in [3.63, 3.8) is 0 Å². The van der Waals surface area contributed by atoms with Gasteiger partial charge >= 0.3 is 17.9 Å². The van der Waals surface area contributed by atoms with Crippen molar-refractivity contribution >= 4 is 17.9 Å². The number of esters is 3. The first-order chi connectivity index (χ1) is 22.2. The number of carbonyl (C=O) groups excluding carboxylic acids is 3. The molecule has 0 aromatic heterocycles. The average molecular weight is 653 g/mol. The van der Waals surface area contributed by atoms with E-state index >= 15 is 0 Å². The lowest BCUT2D eigenvalue weighted by atomic mass is 10.0. The molecule has 272 valence electrons. The highest BCUT2D eigenvalue weighted by Crippen LogP contribution is 2.15. The van der Waals surface area contributed by atoms with E-state index in [0.29, 0.717) is 19.3 Å². The quantitative estimate of drug-likeness (QED) is 0.0391. The van der Waals surface area contributed by atoms with E-state index in [1.165, 1.54) is 96.3 Å². The molecule has 0 aliphatic carbocycles. The molecule has 0 heterocycles. The van der Waals surface area contributed by atoms with Crippen LogP contribution >= 0.6 is 0 Å². The summed E-state index contributed by atoms with van der Waals surface area (Å²) in [6.07, 6.45) is 28.3. The monoisotopic (exact) mass is 653 g/mol. The molecule has 0 aromatic carbocycles. The van der Waals surface area contributed by atoms with E-state index in [0.717, 1.165) is 69.6 Å². The second-order valence-corrected chi connectivity index (χ2v) is 14.5. The van der Waals surface area contributed by atoms with Crippen LogP contribution in [-0.2, 0) is 28.6 Å². The highest BCUT2D eigenvalue weighted by Gasteiger charge is 2.19. The number of ether oxygens (including phenoxy) is 3. The molecule has 0 unspecified atom stereocenters. The number of carbonyl (C=O) groups is 3. The molecule has 0 spiro atoms. The van der Waals surface area contributed by atoms with Gasteiger partial charge in [0, 0.05) is 19.3 Å². The molecule has 1 atom stereocenters. The van der Waals surface area contributed by atoms with Crippen LogP contribution in [-0.4, -0.2) is 37.2 Å². The molecule has 0 aromatic rings. The van der Waals surface area contributed by atoms with Gasteiger partial charge in [-0.3, -0.25) is 14.4 Å². The van der Waals surface area contributed by atoms with Crippen LogP contribution in [0, 0.1) is 11.8 Å². The van der Waals surface area contributed by atoms with E-state index < -0.39 is 6.10 Å². The average Bonchev–Trinajstić information content (AvgIpc) is 3.01. The minimum absolute atomic E-state index is 0.0675. The topological polar surface area (TPSA) is 78.9 Å². The zero-order valence-corrected chi connectivity index (χ0v) is 31.2. The maximum atomic E-state index is 12.6. The Balaban J connectivity index is 4.32. The molecule has 46 heavy (non-hydrogen) atoms. The zero-order chi connectivity index (χ0) is 34.1. The van der Waals surface area contributed by atoms with Crippen LogP contribution < -0.4 is 0 Å². The molecule has 0 N–H and O–H groups in total. The molecule has 0 saturated carbocycles. The number of unbranched alkanes of at least 4 members (excludes halogenated alkanes) is 19. The highest BCUT2D eigenvalue weighted by molar-refractivity contribution is 5.71. The summed E-state index contributed by atoms with van der Waals surface area (Å²) in [6.45, 7) is 11.2. The Bertz CT molecular complexity index is 704. The predicted octanol–water partition coefficient (Wildman–Crippen LogP) is 11.8. The summed E-state index contributed by atoms with van der Waals surface area (Å²) in [4.78, 5) is 37.3. The van der Waals surface area contributed by atoms with Gasteiger partial charge in [-0.15, -0.1) is 0 Å². The van der Waals surface area contributed by atoms with Gasteiger partial charge in [0.15, 0.2) is 6.10 Å². The van der Waals surface area contributed by atoms with Crippen LogP contribution in [0.25, 0.3) is 0 Å². The fraction of sp³-hybridized carbons (Fsp3) is 0.925. The number of hydrogen-bond acceptors (Lipinski definition) is 6. The van der Waals surface area contributed by atoms with Gasteiger partial charge in [0.25, 0.3) is 0 Å². The van der Waals surface area contributed by atoms with Crippen LogP contribution in [0.3, 0.4) is 0 Å². The number of hydrogen-bond donors (Lipinski definition) is 0. The maximum absolute atomic E-state index is 12.6. The van der Waals surface area contributed by atoms with E-state index in [1.54, 1.807) is 0 Å². The summed E-state index contributed by atoms with van der Waals surface area (Å²) < 4.78 is 16.5. The molecule has 0 radical (unpaired) electrons. The Hall–Kier alpha value is -1.59. The lowest BCUT2D eigenvalue weighted by Gasteiger charge is -2.18. The third-order valence-corrected chi connectivity index (χ3v) is 8.72. The molecule has 6 heteroatoms. The lowest BCUT2D eigenvalue weighted by molar-refractivity contribution is -0.167. The molecule has 0 aliphatic rings.